The summed E-state index contributed by atoms with van der Waals surface area (Å²) in [7, 11) is 2.20. The van der Waals surface area contributed by atoms with Crippen LogP contribution in [0.3, 0.4) is 0 Å². The zero-order chi connectivity index (χ0) is 17.5. The lowest BCUT2D eigenvalue weighted by molar-refractivity contribution is 0.0514. The zero-order valence-corrected chi connectivity index (χ0v) is 15.9. The fourth-order valence-corrected chi connectivity index (χ4v) is 2.98. The third-order valence-corrected chi connectivity index (χ3v) is 4.41. The van der Waals surface area contributed by atoms with Crippen LogP contribution in [-0.4, -0.2) is 56.4 Å². The van der Waals surface area contributed by atoms with Gasteiger partial charge in [-0.25, -0.2) is 4.79 Å². The van der Waals surface area contributed by atoms with Crippen LogP contribution < -0.4 is 10.6 Å². The number of nitrogens with one attached hydrogen (secondary N) is 2. The highest BCUT2D eigenvalue weighted by molar-refractivity contribution is 5.67. The second-order valence-electron chi connectivity index (χ2n) is 8.32. The monoisotopic (exact) mass is 327 g/mol. The van der Waals surface area contributed by atoms with E-state index in [-0.39, 0.29) is 6.09 Å². The van der Waals surface area contributed by atoms with Crippen molar-refractivity contribution in [2.24, 2.45) is 17.8 Å². The summed E-state index contributed by atoms with van der Waals surface area (Å²) < 4.78 is 5.30. The van der Waals surface area contributed by atoms with E-state index in [1.165, 1.54) is 25.9 Å². The Kier molecular flexibility index (Phi) is 8.34. The Morgan fingerprint density at radius 1 is 1.30 bits per heavy atom. The molecule has 0 bridgehead atoms. The lowest BCUT2D eigenvalue weighted by Crippen LogP contribution is -2.42. The minimum Gasteiger partial charge on any atom is -0.444 e. The van der Waals surface area contributed by atoms with Crippen molar-refractivity contribution in [3.05, 3.63) is 0 Å². The Balaban J connectivity index is 2.27. The molecule has 2 atom stereocenters. The lowest BCUT2D eigenvalue weighted by Gasteiger charge is -2.30. The first-order valence-electron chi connectivity index (χ1n) is 9.03. The van der Waals surface area contributed by atoms with Gasteiger partial charge in [-0.1, -0.05) is 13.8 Å². The number of hydrogen-bond donors (Lipinski definition) is 2. The van der Waals surface area contributed by atoms with Crippen LogP contribution in [0.2, 0.25) is 0 Å². The van der Waals surface area contributed by atoms with Gasteiger partial charge in [0, 0.05) is 13.1 Å². The van der Waals surface area contributed by atoms with Crippen molar-refractivity contribution >= 4 is 6.09 Å². The number of alkyl carbamates (subject to hydrolysis) is 1. The number of rotatable bonds is 7. The van der Waals surface area contributed by atoms with E-state index >= 15 is 0 Å². The van der Waals surface area contributed by atoms with E-state index in [0.29, 0.717) is 18.4 Å². The van der Waals surface area contributed by atoms with Crippen LogP contribution in [0.5, 0.6) is 0 Å². The van der Waals surface area contributed by atoms with E-state index in [2.05, 4.69) is 36.4 Å². The minimum absolute atomic E-state index is 0.322. The Labute approximate surface area is 142 Å². The largest absolute Gasteiger partial charge is 0.444 e. The molecule has 1 fully saturated rings. The lowest BCUT2D eigenvalue weighted by atomic mass is 9.94. The third kappa shape index (κ3) is 9.16. The van der Waals surface area contributed by atoms with E-state index in [1.807, 2.05) is 20.8 Å². The van der Waals surface area contributed by atoms with Crippen LogP contribution in [0.4, 0.5) is 4.79 Å². The van der Waals surface area contributed by atoms with Gasteiger partial charge in [0.25, 0.3) is 0 Å². The molecule has 0 spiro atoms. The van der Waals surface area contributed by atoms with Gasteiger partial charge >= 0.3 is 6.09 Å². The van der Waals surface area contributed by atoms with Crippen LogP contribution in [0.25, 0.3) is 0 Å². The van der Waals surface area contributed by atoms with Gasteiger partial charge in [-0.2, -0.15) is 0 Å². The van der Waals surface area contributed by atoms with E-state index in [1.54, 1.807) is 0 Å². The van der Waals surface area contributed by atoms with Gasteiger partial charge in [0.15, 0.2) is 0 Å². The van der Waals surface area contributed by atoms with Gasteiger partial charge in [0.2, 0.25) is 0 Å². The summed E-state index contributed by atoms with van der Waals surface area (Å²) >= 11 is 0. The molecule has 2 N–H and O–H groups in total. The quantitative estimate of drug-likeness (QED) is 0.755. The summed E-state index contributed by atoms with van der Waals surface area (Å²) in [4.78, 5) is 14.2. The number of ether oxygens (including phenoxy) is 1. The summed E-state index contributed by atoms with van der Waals surface area (Å²) in [6.45, 7) is 15.1. The van der Waals surface area contributed by atoms with E-state index in [9.17, 15) is 4.79 Å². The molecule has 1 amide bonds. The number of likely N-dealkylation sites (tertiary alicyclic amines) is 1. The molecule has 23 heavy (non-hydrogen) atoms. The number of hydrogen-bond acceptors (Lipinski definition) is 4. The first-order chi connectivity index (χ1) is 10.7. The van der Waals surface area contributed by atoms with Crippen molar-refractivity contribution in [1.29, 1.82) is 0 Å². The van der Waals surface area contributed by atoms with E-state index in [4.69, 9.17) is 4.74 Å². The Bertz CT molecular complexity index is 353. The predicted octanol–water partition coefficient (Wildman–Crippen LogP) is 2.71. The summed E-state index contributed by atoms with van der Waals surface area (Å²) in [5.41, 5.74) is -0.442. The molecule has 1 heterocycles. The van der Waals surface area contributed by atoms with Gasteiger partial charge in [0.05, 0.1) is 0 Å². The maximum atomic E-state index is 11.8. The summed E-state index contributed by atoms with van der Waals surface area (Å²) in [5.74, 6) is 1.69. The first kappa shape index (κ1) is 20.2. The molecule has 0 radical (unpaired) electrons. The predicted molar refractivity (Wildman–Crippen MR) is 95.7 cm³/mol. The Hall–Kier alpha value is -0.810. The molecule has 1 aliphatic heterocycles. The number of piperidine rings is 1. The molecule has 5 heteroatoms. The molecule has 0 aromatic heterocycles. The highest BCUT2D eigenvalue weighted by Gasteiger charge is 2.20. The average molecular weight is 328 g/mol. The van der Waals surface area contributed by atoms with Crippen molar-refractivity contribution in [2.45, 2.75) is 53.1 Å². The highest BCUT2D eigenvalue weighted by Crippen LogP contribution is 2.15. The molecule has 0 aromatic rings. The fourth-order valence-electron chi connectivity index (χ4n) is 2.98. The fraction of sp³-hybridized carbons (Fsp3) is 0.944. The normalized spacial score (nSPS) is 21.3. The SMILES string of the molecule is CC(C)C(CNCC1CCCN(C)C1)CNC(=O)OC(C)(C)C. The molecule has 2 unspecified atom stereocenters. The Morgan fingerprint density at radius 3 is 2.57 bits per heavy atom. The molecule has 1 rings (SSSR count). The molecule has 1 aliphatic rings. The Morgan fingerprint density at radius 2 is 2.00 bits per heavy atom. The number of nitrogens with zero attached hydrogens (tertiary/aromatic N) is 1. The van der Waals surface area contributed by atoms with Gasteiger partial charge < -0.3 is 20.3 Å². The molecular formula is C18H37N3O2. The van der Waals surface area contributed by atoms with Crippen molar-refractivity contribution in [2.75, 3.05) is 39.8 Å². The molecule has 1 saturated heterocycles. The topological polar surface area (TPSA) is 53.6 Å². The molecule has 5 nitrogen and oxygen atoms in total. The van der Waals surface area contributed by atoms with E-state index < -0.39 is 5.60 Å². The standard InChI is InChI=1S/C18H37N3O2/c1-14(2)16(12-20-17(22)23-18(3,4)5)11-19-10-15-8-7-9-21(6)13-15/h14-16,19H,7-13H2,1-6H3,(H,20,22). The molecule has 0 aromatic carbocycles. The maximum absolute atomic E-state index is 11.8. The van der Waals surface area contributed by atoms with Gasteiger partial charge in [0.1, 0.15) is 5.60 Å². The molecular weight excluding hydrogens is 290 g/mol. The summed E-state index contributed by atoms with van der Waals surface area (Å²) in [6.07, 6.45) is 2.30. The average Bonchev–Trinajstić information content (AvgIpc) is 2.40. The van der Waals surface area contributed by atoms with Crippen molar-refractivity contribution in [1.82, 2.24) is 15.5 Å². The van der Waals surface area contributed by atoms with E-state index in [0.717, 1.165) is 19.0 Å². The summed E-state index contributed by atoms with van der Waals surface area (Å²) in [6, 6.07) is 0. The maximum Gasteiger partial charge on any atom is 0.407 e. The van der Waals surface area contributed by atoms with Gasteiger partial charge in [-0.3, -0.25) is 0 Å². The van der Waals surface area contributed by atoms with Crippen LogP contribution in [0.15, 0.2) is 0 Å². The van der Waals surface area contributed by atoms with Crippen molar-refractivity contribution < 1.29 is 9.53 Å². The number of carbonyl (C=O) groups is 1. The number of carbonyl (C=O) groups excluding carboxylic acids is 1. The zero-order valence-electron chi connectivity index (χ0n) is 15.9. The molecule has 0 aliphatic carbocycles. The van der Waals surface area contributed by atoms with Crippen molar-refractivity contribution in [3.63, 3.8) is 0 Å². The summed E-state index contributed by atoms with van der Waals surface area (Å²) in [5, 5.41) is 6.52. The van der Waals surface area contributed by atoms with Crippen LogP contribution >= 0.6 is 0 Å². The van der Waals surface area contributed by atoms with Crippen molar-refractivity contribution in [3.8, 4) is 0 Å². The molecule has 0 saturated carbocycles. The third-order valence-electron chi connectivity index (χ3n) is 4.41. The second kappa shape index (κ2) is 9.48. The van der Waals surface area contributed by atoms with Crippen LogP contribution in [0, 0.1) is 17.8 Å². The van der Waals surface area contributed by atoms with Crippen LogP contribution in [-0.2, 0) is 4.74 Å². The highest BCUT2D eigenvalue weighted by atomic mass is 16.6. The number of amides is 1. The minimum atomic E-state index is -0.442. The first-order valence-corrected chi connectivity index (χ1v) is 9.03. The van der Waals surface area contributed by atoms with Gasteiger partial charge in [-0.15, -0.1) is 0 Å². The molecule has 136 valence electrons. The van der Waals surface area contributed by atoms with Crippen LogP contribution in [0.1, 0.15) is 47.5 Å². The van der Waals surface area contributed by atoms with Gasteiger partial charge in [-0.05, 0) is 78.0 Å². The smallest absolute Gasteiger partial charge is 0.407 e. The second-order valence-corrected chi connectivity index (χ2v) is 8.32.